The molecule has 0 fully saturated rings. The maximum absolute atomic E-state index is 11.5. The molecule has 0 aliphatic heterocycles. The maximum atomic E-state index is 11.5. The minimum atomic E-state index is -0.0900. The van der Waals surface area contributed by atoms with Crippen molar-refractivity contribution in [2.24, 2.45) is 0 Å². The molecule has 1 N–H and O–H groups in total. The first kappa shape index (κ1) is 43.0. The third-order valence-electron chi connectivity index (χ3n) is 13.2. The minimum Gasteiger partial charge on any atom is -0.507 e. The Morgan fingerprint density at radius 3 is 1.65 bits per heavy atom. The van der Waals surface area contributed by atoms with Crippen LogP contribution in [0.15, 0.2) is 231 Å². The average Bonchev–Trinajstić information content (AvgIpc) is 3.78. The van der Waals surface area contributed by atoms with Crippen LogP contribution in [0.5, 0.6) is 5.75 Å². The van der Waals surface area contributed by atoms with Gasteiger partial charge in [0.25, 0.3) is 0 Å². The highest BCUT2D eigenvalue weighted by Crippen LogP contribution is 2.44. The van der Waals surface area contributed by atoms with E-state index >= 15 is 0 Å². The van der Waals surface area contributed by atoms with Crippen molar-refractivity contribution in [3.63, 3.8) is 0 Å². The molecule has 4 nitrogen and oxygen atoms in total. The number of fused-ring (bicyclic) bond motifs is 1. The highest BCUT2D eigenvalue weighted by molar-refractivity contribution is 5.98. The standard InChI is InChI=1S/C65H51N3O/c1-43-38-50(62-54(48-22-12-7-13-23-48)25-16-27-57(62)65(2,3)4)34-35-59(43)68-60-28-17-26-55(63(60)67-64(68)56-24-14-15-29-61(56)69)52-39-51(45-20-10-6-11-21-45)40-53(41-52)58-42-49(36-37-66-58)47-32-30-46(31-33-47)44-18-8-5-9-19-44/h5-42,69H,1-4H3. The molecule has 0 saturated carbocycles. The van der Waals surface area contributed by atoms with Crippen LogP contribution in [0.2, 0.25) is 0 Å². The van der Waals surface area contributed by atoms with E-state index in [0.717, 1.165) is 72.5 Å². The van der Waals surface area contributed by atoms with Gasteiger partial charge >= 0.3 is 0 Å². The lowest BCUT2D eigenvalue weighted by molar-refractivity contribution is 0.477. The molecule has 0 aliphatic rings. The molecule has 0 aliphatic carbocycles. The zero-order valence-corrected chi connectivity index (χ0v) is 39.2. The van der Waals surface area contributed by atoms with Gasteiger partial charge in [0.05, 0.1) is 28.0 Å². The van der Waals surface area contributed by atoms with E-state index in [1.54, 1.807) is 6.07 Å². The Morgan fingerprint density at radius 2 is 0.971 bits per heavy atom. The Balaban J connectivity index is 1.07. The molecule has 9 aromatic carbocycles. The summed E-state index contributed by atoms with van der Waals surface area (Å²) in [6.45, 7) is 9.04. The summed E-state index contributed by atoms with van der Waals surface area (Å²) in [5.41, 5.74) is 21.2. The van der Waals surface area contributed by atoms with E-state index in [-0.39, 0.29) is 11.2 Å². The first-order chi connectivity index (χ1) is 33.7. The molecule has 0 radical (unpaired) electrons. The van der Waals surface area contributed by atoms with Gasteiger partial charge in [-0.2, -0.15) is 0 Å². The van der Waals surface area contributed by atoms with E-state index in [0.29, 0.717) is 11.4 Å². The smallest absolute Gasteiger partial charge is 0.149 e. The summed E-state index contributed by atoms with van der Waals surface area (Å²) in [5, 5.41) is 11.5. The molecule has 0 bridgehead atoms. The van der Waals surface area contributed by atoms with E-state index in [2.05, 4.69) is 226 Å². The van der Waals surface area contributed by atoms with Crippen molar-refractivity contribution >= 4 is 11.0 Å². The zero-order valence-electron chi connectivity index (χ0n) is 39.2. The lowest BCUT2D eigenvalue weighted by Crippen LogP contribution is -2.13. The summed E-state index contributed by atoms with van der Waals surface area (Å²) < 4.78 is 2.22. The Hall–Kier alpha value is -8.60. The SMILES string of the molecule is Cc1cc(-c2c(-c3ccccc3)cccc2C(C)(C)C)ccc1-n1c(-c2ccccc2O)nc2c(-c3cc(-c4ccccc4)cc(-c4cc(-c5ccc(-c6ccccc6)cc5)ccn4)c3)cccc21. The number of hydrogen-bond donors (Lipinski definition) is 1. The lowest BCUT2D eigenvalue weighted by Gasteiger charge is -2.26. The second kappa shape index (κ2) is 17.9. The summed E-state index contributed by atoms with van der Waals surface area (Å²) in [4.78, 5) is 10.5. The third kappa shape index (κ3) is 8.32. The Kier molecular flexibility index (Phi) is 11.2. The summed E-state index contributed by atoms with van der Waals surface area (Å²) >= 11 is 0. The number of benzene rings is 9. The predicted molar refractivity (Wildman–Crippen MR) is 287 cm³/mol. The van der Waals surface area contributed by atoms with Gasteiger partial charge in [-0.1, -0.05) is 185 Å². The van der Waals surface area contributed by atoms with Gasteiger partial charge in [-0.05, 0) is 145 Å². The first-order valence-electron chi connectivity index (χ1n) is 23.6. The van der Waals surface area contributed by atoms with Gasteiger partial charge in [0.1, 0.15) is 11.6 Å². The number of hydrogen-bond acceptors (Lipinski definition) is 3. The van der Waals surface area contributed by atoms with Crippen molar-refractivity contribution in [1.29, 1.82) is 0 Å². The molecule has 11 rings (SSSR count). The largest absolute Gasteiger partial charge is 0.507 e. The monoisotopic (exact) mass is 889 g/mol. The van der Waals surface area contributed by atoms with Crippen LogP contribution in [0.4, 0.5) is 0 Å². The molecule has 332 valence electrons. The predicted octanol–water partition coefficient (Wildman–Crippen LogP) is 17.1. The highest BCUT2D eigenvalue weighted by Gasteiger charge is 2.25. The molecular weight excluding hydrogens is 839 g/mol. The number of aromatic hydroxyl groups is 1. The number of rotatable bonds is 9. The molecule has 0 saturated heterocycles. The highest BCUT2D eigenvalue weighted by atomic mass is 16.3. The Morgan fingerprint density at radius 1 is 0.420 bits per heavy atom. The van der Waals surface area contributed by atoms with Crippen molar-refractivity contribution in [3.05, 3.63) is 242 Å². The van der Waals surface area contributed by atoms with E-state index in [1.807, 2.05) is 30.5 Å². The number of nitrogens with zero attached hydrogens (tertiary/aromatic N) is 3. The van der Waals surface area contributed by atoms with Crippen LogP contribution >= 0.6 is 0 Å². The van der Waals surface area contributed by atoms with Gasteiger partial charge < -0.3 is 5.11 Å². The lowest BCUT2D eigenvalue weighted by atomic mass is 9.78. The number of imidazole rings is 1. The van der Waals surface area contributed by atoms with Gasteiger partial charge in [0.2, 0.25) is 0 Å². The van der Waals surface area contributed by atoms with Crippen LogP contribution in [0.25, 0.3) is 106 Å². The Bertz CT molecular complexity index is 3640. The van der Waals surface area contributed by atoms with Crippen LogP contribution in [0.1, 0.15) is 31.9 Å². The fraction of sp³-hybridized carbons (Fsp3) is 0.0769. The van der Waals surface area contributed by atoms with E-state index in [9.17, 15) is 5.11 Å². The van der Waals surface area contributed by atoms with Crippen molar-refractivity contribution in [2.75, 3.05) is 0 Å². The zero-order chi connectivity index (χ0) is 47.1. The van der Waals surface area contributed by atoms with E-state index in [1.165, 1.54) is 33.4 Å². The third-order valence-corrected chi connectivity index (χ3v) is 13.2. The van der Waals surface area contributed by atoms with Gasteiger partial charge in [0.15, 0.2) is 0 Å². The summed E-state index contributed by atoms with van der Waals surface area (Å²) in [5.74, 6) is 0.837. The number of aromatic nitrogens is 3. The maximum Gasteiger partial charge on any atom is 0.149 e. The quantitative estimate of drug-likeness (QED) is 0.157. The van der Waals surface area contributed by atoms with Gasteiger partial charge in [-0.25, -0.2) is 4.98 Å². The fourth-order valence-electron chi connectivity index (χ4n) is 9.81. The molecule has 0 amide bonds. The molecule has 0 atom stereocenters. The Labute approximate surface area is 404 Å². The molecule has 2 aromatic heterocycles. The van der Waals surface area contributed by atoms with E-state index in [4.69, 9.17) is 9.97 Å². The molecule has 0 spiro atoms. The minimum absolute atomic E-state index is 0.0900. The summed E-state index contributed by atoms with van der Waals surface area (Å²) in [6.07, 6.45) is 1.91. The second-order valence-corrected chi connectivity index (χ2v) is 18.8. The first-order valence-corrected chi connectivity index (χ1v) is 23.6. The number of para-hydroxylation sites is 2. The van der Waals surface area contributed by atoms with Crippen LogP contribution in [0, 0.1) is 6.92 Å². The number of pyridine rings is 1. The molecular formula is C65H51N3O. The second-order valence-electron chi connectivity index (χ2n) is 18.8. The normalized spacial score (nSPS) is 11.5. The summed E-state index contributed by atoms with van der Waals surface area (Å²) in [7, 11) is 0. The van der Waals surface area contributed by atoms with Crippen LogP contribution in [-0.2, 0) is 5.41 Å². The molecule has 69 heavy (non-hydrogen) atoms. The summed E-state index contributed by atoms with van der Waals surface area (Å²) in [6, 6.07) is 78.8. The molecule has 0 unspecified atom stereocenters. The van der Waals surface area contributed by atoms with Crippen molar-refractivity contribution in [1.82, 2.24) is 14.5 Å². The van der Waals surface area contributed by atoms with Crippen LogP contribution in [0.3, 0.4) is 0 Å². The fourth-order valence-corrected chi connectivity index (χ4v) is 9.81. The molecule has 2 heterocycles. The van der Waals surface area contributed by atoms with Crippen molar-refractivity contribution in [2.45, 2.75) is 33.1 Å². The van der Waals surface area contributed by atoms with Gasteiger partial charge in [-0.3, -0.25) is 9.55 Å². The van der Waals surface area contributed by atoms with Crippen LogP contribution < -0.4 is 0 Å². The van der Waals surface area contributed by atoms with Gasteiger partial charge in [0, 0.05) is 17.3 Å². The van der Waals surface area contributed by atoms with Gasteiger partial charge in [-0.15, -0.1) is 0 Å². The van der Waals surface area contributed by atoms with E-state index < -0.39 is 0 Å². The topological polar surface area (TPSA) is 50.9 Å². The average molecular weight is 890 g/mol. The van der Waals surface area contributed by atoms with Crippen LogP contribution in [-0.4, -0.2) is 19.6 Å². The molecule has 4 heteroatoms. The number of aryl methyl sites for hydroxylation is 1. The molecule has 11 aromatic rings. The van der Waals surface area contributed by atoms with Crippen molar-refractivity contribution in [3.8, 4) is 101 Å². The van der Waals surface area contributed by atoms with Crippen molar-refractivity contribution < 1.29 is 5.11 Å². The number of phenolic OH excluding ortho intramolecular Hbond substituents is 1. The number of phenols is 1.